The predicted molar refractivity (Wildman–Crippen MR) is 111 cm³/mol. The highest BCUT2D eigenvalue weighted by Crippen LogP contribution is 2.31. The molecule has 2 aromatic carbocycles. The lowest BCUT2D eigenvalue weighted by Crippen LogP contribution is -2.51. The molecule has 2 atom stereocenters. The molecule has 1 aliphatic rings. The fraction of sp³-hybridized carbons (Fsp3) is 0.435. The Hall–Kier alpha value is -2.37. The van der Waals surface area contributed by atoms with Crippen molar-refractivity contribution in [2.24, 2.45) is 0 Å². The average Bonchev–Trinajstić information content (AvgIpc) is 2.72. The third kappa shape index (κ3) is 5.12. The molecule has 0 saturated carbocycles. The number of hydrogen-bond donors (Lipinski definition) is 0. The summed E-state index contributed by atoms with van der Waals surface area (Å²) < 4.78 is 11.4. The number of ether oxygens (including phenoxy) is 2. The van der Waals surface area contributed by atoms with E-state index in [0.717, 1.165) is 23.4 Å². The number of morpholine rings is 1. The lowest BCUT2D eigenvalue weighted by atomic mass is 9.96. The van der Waals surface area contributed by atoms with Gasteiger partial charge in [-0.25, -0.2) is 0 Å². The zero-order chi connectivity index (χ0) is 19.9. The van der Waals surface area contributed by atoms with E-state index in [2.05, 4.69) is 17.0 Å². The molecule has 0 spiro atoms. The van der Waals surface area contributed by atoms with Crippen LogP contribution in [-0.2, 0) is 16.0 Å². The van der Waals surface area contributed by atoms with E-state index in [9.17, 15) is 4.79 Å². The maximum absolute atomic E-state index is 13.2. The van der Waals surface area contributed by atoms with Crippen LogP contribution in [-0.4, -0.2) is 62.7 Å². The Bertz CT molecular complexity index is 763. The zero-order valence-corrected chi connectivity index (χ0v) is 17.0. The summed E-state index contributed by atoms with van der Waals surface area (Å²) >= 11 is 0. The maximum Gasteiger partial charge on any atom is 0.223 e. The van der Waals surface area contributed by atoms with E-state index in [1.165, 1.54) is 0 Å². The lowest BCUT2D eigenvalue weighted by molar-refractivity contribution is -0.148. The van der Waals surface area contributed by atoms with Crippen LogP contribution in [0.5, 0.6) is 5.75 Å². The predicted octanol–water partition coefficient (Wildman–Crippen LogP) is 3.16. The number of hydrogen-bond acceptors (Lipinski definition) is 4. The van der Waals surface area contributed by atoms with Crippen LogP contribution in [0.1, 0.15) is 23.6 Å². The lowest BCUT2D eigenvalue weighted by Gasteiger charge is -2.42. The number of rotatable bonds is 7. The number of likely N-dealkylation sites (N-methyl/N-ethyl adjacent to an activating group) is 1. The van der Waals surface area contributed by atoms with Gasteiger partial charge in [-0.2, -0.15) is 0 Å². The van der Waals surface area contributed by atoms with Gasteiger partial charge in [-0.3, -0.25) is 4.79 Å². The van der Waals surface area contributed by atoms with E-state index >= 15 is 0 Å². The molecule has 0 N–H and O–H groups in total. The standard InChI is InChI=1S/C23H30N2O3/c1-24(2)17-21-23(19-9-5-4-6-10-19)25(14-15-28-21)22(26)13-12-18-8-7-11-20(16-18)27-3/h4-11,16,21,23H,12-15,17H2,1-3H3/t21-,23-/m0/s1. The number of methoxy groups -OCH3 is 1. The third-order valence-electron chi connectivity index (χ3n) is 5.12. The van der Waals surface area contributed by atoms with Crippen LogP contribution < -0.4 is 4.74 Å². The first-order valence-corrected chi connectivity index (χ1v) is 9.82. The molecular formula is C23H30N2O3. The number of carbonyl (C=O) groups is 1. The van der Waals surface area contributed by atoms with Crippen molar-refractivity contribution in [2.45, 2.75) is 25.0 Å². The zero-order valence-electron chi connectivity index (χ0n) is 17.0. The van der Waals surface area contributed by atoms with Crippen molar-refractivity contribution >= 4 is 5.91 Å². The van der Waals surface area contributed by atoms with E-state index in [4.69, 9.17) is 9.47 Å². The minimum Gasteiger partial charge on any atom is -0.497 e. The van der Waals surface area contributed by atoms with E-state index in [0.29, 0.717) is 26.0 Å². The van der Waals surface area contributed by atoms with Crippen LogP contribution >= 0.6 is 0 Å². The second-order valence-electron chi connectivity index (χ2n) is 7.47. The molecule has 0 radical (unpaired) electrons. The molecule has 1 fully saturated rings. The van der Waals surface area contributed by atoms with Gasteiger partial charge >= 0.3 is 0 Å². The maximum atomic E-state index is 13.2. The number of amides is 1. The summed E-state index contributed by atoms with van der Waals surface area (Å²) in [5, 5.41) is 0. The van der Waals surface area contributed by atoms with E-state index < -0.39 is 0 Å². The van der Waals surface area contributed by atoms with Crippen LogP contribution in [0, 0.1) is 0 Å². The summed E-state index contributed by atoms with van der Waals surface area (Å²) in [4.78, 5) is 17.3. The van der Waals surface area contributed by atoms with Gasteiger partial charge < -0.3 is 19.3 Å². The molecule has 5 nitrogen and oxygen atoms in total. The normalized spacial score (nSPS) is 19.6. The van der Waals surface area contributed by atoms with Crippen LogP contribution in [0.2, 0.25) is 0 Å². The third-order valence-corrected chi connectivity index (χ3v) is 5.12. The summed E-state index contributed by atoms with van der Waals surface area (Å²) in [6, 6.07) is 18.1. The fourth-order valence-corrected chi connectivity index (χ4v) is 3.79. The van der Waals surface area contributed by atoms with Crippen LogP contribution in [0.3, 0.4) is 0 Å². The Labute approximate surface area is 167 Å². The number of carbonyl (C=O) groups excluding carboxylic acids is 1. The number of aryl methyl sites for hydroxylation is 1. The van der Waals surface area contributed by atoms with Crippen molar-refractivity contribution in [2.75, 3.05) is 40.9 Å². The molecule has 3 rings (SSSR count). The molecule has 1 amide bonds. The molecular weight excluding hydrogens is 352 g/mol. The minimum absolute atomic E-state index is 0.0353. The SMILES string of the molecule is COc1cccc(CCC(=O)N2CCO[C@@H](CN(C)C)[C@@H]2c2ccccc2)c1. The summed E-state index contributed by atoms with van der Waals surface area (Å²) in [5.41, 5.74) is 2.24. The monoisotopic (exact) mass is 382 g/mol. The molecule has 0 aromatic heterocycles. The van der Waals surface area contributed by atoms with Crippen molar-refractivity contribution in [3.05, 3.63) is 65.7 Å². The van der Waals surface area contributed by atoms with Gasteiger partial charge in [0, 0.05) is 19.5 Å². The summed E-state index contributed by atoms with van der Waals surface area (Å²) in [6.45, 7) is 1.98. The Balaban J connectivity index is 1.75. The number of nitrogens with zero attached hydrogens (tertiary/aromatic N) is 2. The van der Waals surface area contributed by atoms with Crippen molar-refractivity contribution < 1.29 is 14.3 Å². The van der Waals surface area contributed by atoms with E-state index in [1.54, 1.807) is 7.11 Å². The molecule has 1 saturated heterocycles. The van der Waals surface area contributed by atoms with Crippen molar-refractivity contribution in [1.29, 1.82) is 0 Å². The van der Waals surface area contributed by atoms with Crippen molar-refractivity contribution in [3.63, 3.8) is 0 Å². The van der Waals surface area contributed by atoms with Gasteiger partial charge in [0.2, 0.25) is 5.91 Å². The molecule has 150 valence electrons. The second kappa shape index (κ2) is 9.71. The molecule has 0 unspecified atom stereocenters. The highest BCUT2D eigenvalue weighted by atomic mass is 16.5. The summed E-state index contributed by atoms with van der Waals surface area (Å²) in [5.74, 6) is 0.994. The largest absolute Gasteiger partial charge is 0.497 e. The van der Waals surface area contributed by atoms with Crippen LogP contribution in [0.25, 0.3) is 0 Å². The highest BCUT2D eigenvalue weighted by molar-refractivity contribution is 5.77. The van der Waals surface area contributed by atoms with Gasteiger partial charge in [0.25, 0.3) is 0 Å². The first-order chi connectivity index (χ1) is 13.6. The van der Waals surface area contributed by atoms with Gasteiger partial charge in [0.05, 0.1) is 25.9 Å². The van der Waals surface area contributed by atoms with Gasteiger partial charge in [-0.1, -0.05) is 42.5 Å². The minimum atomic E-state index is -0.0600. The van der Waals surface area contributed by atoms with Crippen LogP contribution in [0.4, 0.5) is 0 Å². The smallest absolute Gasteiger partial charge is 0.223 e. The van der Waals surface area contributed by atoms with Gasteiger partial charge in [0.15, 0.2) is 0 Å². The second-order valence-corrected chi connectivity index (χ2v) is 7.47. The fourth-order valence-electron chi connectivity index (χ4n) is 3.79. The molecule has 1 heterocycles. The van der Waals surface area contributed by atoms with Crippen molar-refractivity contribution in [1.82, 2.24) is 9.80 Å². The van der Waals surface area contributed by atoms with E-state index in [-0.39, 0.29) is 18.1 Å². The summed E-state index contributed by atoms with van der Waals surface area (Å²) in [7, 11) is 5.73. The van der Waals surface area contributed by atoms with Gasteiger partial charge in [0.1, 0.15) is 5.75 Å². The Kier molecular flexibility index (Phi) is 7.06. The molecule has 5 heteroatoms. The molecule has 0 bridgehead atoms. The Morgan fingerprint density at radius 1 is 1.18 bits per heavy atom. The molecule has 28 heavy (non-hydrogen) atoms. The topological polar surface area (TPSA) is 42.0 Å². The van der Waals surface area contributed by atoms with Crippen molar-refractivity contribution in [3.8, 4) is 5.75 Å². The number of benzene rings is 2. The summed E-state index contributed by atoms with van der Waals surface area (Å²) in [6.07, 6.45) is 1.14. The highest BCUT2D eigenvalue weighted by Gasteiger charge is 2.36. The molecule has 1 aliphatic heterocycles. The Morgan fingerprint density at radius 3 is 2.68 bits per heavy atom. The molecule has 2 aromatic rings. The molecule has 0 aliphatic carbocycles. The average molecular weight is 383 g/mol. The van der Waals surface area contributed by atoms with E-state index in [1.807, 2.05) is 61.5 Å². The van der Waals surface area contributed by atoms with Gasteiger partial charge in [-0.15, -0.1) is 0 Å². The van der Waals surface area contributed by atoms with Crippen LogP contribution in [0.15, 0.2) is 54.6 Å². The first-order valence-electron chi connectivity index (χ1n) is 9.82. The first kappa shape index (κ1) is 20.4. The quantitative estimate of drug-likeness (QED) is 0.738. The van der Waals surface area contributed by atoms with Gasteiger partial charge in [-0.05, 0) is 43.8 Å². The Morgan fingerprint density at radius 2 is 1.96 bits per heavy atom.